The second-order valence-corrected chi connectivity index (χ2v) is 16.5. The maximum Gasteiger partial charge on any atom is 0.306 e. The fourth-order valence-corrected chi connectivity index (χ4v) is 8.34. The molecule has 3 N–H and O–H groups in total. The van der Waals surface area contributed by atoms with Crippen molar-refractivity contribution < 1.29 is 38.6 Å². The van der Waals surface area contributed by atoms with E-state index in [1.54, 1.807) is 24.3 Å². The molecule has 0 bridgehead atoms. The zero-order valence-electron chi connectivity index (χ0n) is 32.5. The number of aromatic nitrogens is 1. The average Bonchev–Trinajstić information content (AvgIpc) is 3.82. The van der Waals surface area contributed by atoms with Crippen LogP contribution in [0.2, 0.25) is 0 Å². The second-order valence-electron chi connectivity index (χ2n) is 14.5. The van der Waals surface area contributed by atoms with Crippen LogP contribution in [0.15, 0.2) is 22.9 Å². The largest absolute Gasteiger partial charge is 0.481 e. The quantitative estimate of drug-likeness (QED) is 0.144. The number of carbonyl (C=O) groups is 5. The molecule has 2 aromatic heterocycles. The van der Waals surface area contributed by atoms with E-state index in [9.17, 15) is 29.1 Å². The van der Waals surface area contributed by atoms with Gasteiger partial charge in [-0.15, -0.1) is 22.7 Å². The number of nitrogens with one attached hydrogen (secondary N) is 2. The van der Waals surface area contributed by atoms with Crippen molar-refractivity contribution in [3.63, 3.8) is 0 Å². The fraction of sp³-hybridized carbons (Fsp3) is 0.684. The zero-order chi connectivity index (χ0) is 39.2. The van der Waals surface area contributed by atoms with E-state index < -0.39 is 48.0 Å². The van der Waals surface area contributed by atoms with E-state index in [1.165, 1.54) is 29.6 Å². The van der Waals surface area contributed by atoms with Crippen LogP contribution in [0, 0.1) is 17.8 Å². The summed E-state index contributed by atoms with van der Waals surface area (Å²) < 4.78 is 11.3. The number of carboxylic acid groups (broad SMARTS) is 1. The van der Waals surface area contributed by atoms with Crippen LogP contribution >= 0.6 is 22.7 Å². The van der Waals surface area contributed by atoms with Gasteiger partial charge in [0.05, 0.1) is 18.6 Å². The number of piperidine rings is 1. The summed E-state index contributed by atoms with van der Waals surface area (Å²) in [6.07, 6.45) is 3.44. The van der Waals surface area contributed by atoms with E-state index in [4.69, 9.17) is 9.47 Å². The van der Waals surface area contributed by atoms with Crippen molar-refractivity contribution in [2.24, 2.45) is 17.8 Å². The van der Waals surface area contributed by atoms with Gasteiger partial charge in [-0.05, 0) is 56.1 Å². The van der Waals surface area contributed by atoms with Crippen molar-refractivity contribution in [3.05, 3.63) is 38.5 Å². The lowest BCUT2D eigenvalue weighted by Crippen LogP contribution is -2.59. The number of hydrogen-bond acceptors (Lipinski definition) is 11. The first kappa shape index (κ1) is 44.0. The molecule has 15 heteroatoms. The Balaban J connectivity index is 1.89. The predicted molar refractivity (Wildman–Crippen MR) is 206 cm³/mol. The Morgan fingerprint density at radius 1 is 1.09 bits per heavy atom. The van der Waals surface area contributed by atoms with E-state index in [-0.39, 0.29) is 61.4 Å². The number of likely N-dealkylation sites (tertiary alicyclic amines) is 1. The first-order valence-electron chi connectivity index (χ1n) is 18.6. The van der Waals surface area contributed by atoms with Crippen LogP contribution in [-0.4, -0.2) is 108 Å². The number of thiazole rings is 1. The molecule has 0 aromatic carbocycles. The number of carbonyl (C=O) groups excluding carboxylic acids is 4. The van der Waals surface area contributed by atoms with Crippen molar-refractivity contribution in [2.75, 3.05) is 33.9 Å². The number of hydrogen-bond donors (Lipinski definition) is 3. The molecule has 3 rings (SSSR count). The Morgan fingerprint density at radius 3 is 2.42 bits per heavy atom. The van der Waals surface area contributed by atoms with Crippen LogP contribution in [0.25, 0.3) is 0 Å². The molecule has 2 aromatic rings. The minimum atomic E-state index is -0.942. The second kappa shape index (κ2) is 21.5. The van der Waals surface area contributed by atoms with E-state index in [0.717, 1.165) is 30.7 Å². The van der Waals surface area contributed by atoms with Gasteiger partial charge in [0.1, 0.15) is 16.7 Å². The van der Waals surface area contributed by atoms with Crippen LogP contribution in [0.3, 0.4) is 0 Å². The van der Waals surface area contributed by atoms with Gasteiger partial charge in [0.2, 0.25) is 11.8 Å². The Bertz CT molecular complexity index is 1480. The molecule has 1 aliphatic rings. The normalized spacial score (nSPS) is 18.3. The maximum atomic E-state index is 14.6. The summed E-state index contributed by atoms with van der Waals surface area (Å²) in [4.78, 5) is 75.2. The van der Waals surface area contributed by atoms with Gasteiger partial charge < -0.3 is 30.1 Å². The predicted octanol–water partition coefficient (Wildman–Crippen LogP) is 5.17. The summed E-state index contributed by atoms with van der Waals surface area (Å²) >= 11 is 2.71. The van der Waals surface area contributed by atoms with Gasteiger partial charge in [0.15, 0.2) is 6.10 Å². The van der Waals surface area contributed by atoms with Gasteiger partial charge in [0, 0.05) is 55.8 Å². The number of aliphatic carboxylic acids is 1. The molecule has 296 valence electrons. The molecule has 1 fully saturated rings. The number of likely N-dealkylation sites (N-methyl/N-ethyl adjacent to an activating group) is 1. The smallest absolute Gasteiger partial charge is 0.306 e. The highest BCUT2D eigenvalue weighted by Crippen LogP contribution is 2.32. The third-order valence-corrected chi connectivity index (χ3v) is 11.9. The van der Waals surface area contributed by atoms with Crippen molar-refractivity contribution in [3.8, 4) is 0 Å². The van der Waals surface area contributed by atoms with E-state index in [0.29, 0.717) is 17.8 Å². The van der Waals surface area contributed by atoms with E-state index >= 15 is 0 Å². The minimum Gasteiger partial charge on any atom is -0.481 e. The fourth-order valence-electron chi connectivity index (χ4n) is 6.72. The van der Waals surface area contributed by atoms with Gasteiger partial charge in [0.25, 0.3) is 5.91 Å². The third-order valence-electron chi connectivity index (χ3n) is 10.1. The minimum absolute atomic E-state index is 0.0939. The van der Waals surface area contributed by atoms with Crippen LogP contribution in [-0.2, 0) is 35.1 Å². The summed E-state index contributed by atoms with van der Waals surface area (Å²) in [6, 6.07) is 1.90. The third kappa shape index (κ3) is 13.1. The lowest BCUT2D eigenvalue weighted by molar-refractivity contribution is -0.150. The molecular weight excluding hydrogens is 719 g/mol. The highest BCUT2D eigenvalue weighted by atomic mass is 32.1. The Hall–Kier alpha value is -3.40. The van der Waals surface area contributed by atoms with Gasteiger partial charge >= 0.3 is 11.9 Å². The molecule has 7 atom stereocenters. The van der Waals surface area contributed by atoms with Gasteiger partial charge in [-0.3, -0.25) is 28.9 Å². The number of carboxylic acids is 1. The Morgan fingerprint density at radius 2 is 1.83 bits per heavy atom. The van der Waals surface area contributed by atoms with Crippen LogP contribution in [0.1, 0.15) is 107 Å². The van der Waals surface area contributed by atoms with Gasteiger partial charge in [-0.25, -0.2) is 4.98 Å². The summed E-state index contributed by atoms with van der Waals surface area (Å²) in [5.74, 6) is -3.22. The lowest BCUT2D eigenvalue weighted by atomic mass is 9.92. The number of nitrogens with zero attached hydrogens (tertiary/aromatic N) is 3. The highest BCUT2D eigenvalue weighted by Gasteiger charge is 2.39. The Labute approximate surface area is 322 Å². The maximum absolute atomic E-state index is 14.6. The van der Waals surface area contributed by atoms with E-state index in [2.05, 4.69) is 15.6 Å². The molecule has 3 unspecified atom stereocenters. The number of methoxy groups -OCH3 is 1. The monoisotopic (exact) mass is 777 g/mol. The standard InChI is InChI=1S/C38H59N5O8S2/c1-9-24(4)33(41-35(46)30-14-10-11-15-42(30)7)37(47)43(16-17-50-8)31(23(2)3)21-32(51-26(6)44)36-40-29(22-53-36)34(45)39-27(19-25(5)38(48)49)20-28-13-12-18-52-28/h12-13,18,22-25,27,30-33H,9-11,14-17,19-21H2,1-8H3,(H,39,45)(H,41,46)(H,48,49)/t24?,25-,27+,30?,31+,32+,33?/m0/s1. The summed E-state index contributed by atoms with van der Waals surface area (Å²) in [7, 11) is 3.51. The first-order chi connectivity index (χ1) is 25.2. The molecule has 1 saturated heterocycles. The summed E-state index contributed by atoms with van der Waals surface area (Å²) in [5, 5.41) is 19.5. The van der Waals surface area contributed by atoms with Crippen molar-refractivity contribution in [1.82, 2.24) is 25.4 Å². The first-order valence-corrected chi connectivity index (χ1v) is 20.4. The number of amides is 3. The van der Waals surface area contributed by atoms with Crippen molar-refractivity contribution in [1.29, 1.82) is 0 Å². The molecule has 0 spiro atoms. The molecular formula is C38H59N5O8S2. The molecule has 13 nitrogen and oxygen atoms in total. The molecule has 1 aliphatic heterocycles. The summed E-state index contributed by atoms with van der Waals surface area (Å²) in [6.45, 7) is 12.2. The van der Waals surface area contributed by atoms with Crippen LogP contribution < -0.4 is 10.6 Å². The molecule has 3 heterocycles. The summed E-state index contributed by atoms with van der Waals surface area (Å²) in [5.41, 5.74) is 0.127. The van der Waals surface area contributed by atoms with Crippen LogP contribution in [0.4, 0.5) is 0 Å². The lowest BCUT2D eigenvalue weighted by Gasteiger charge is -2.40. The molecule has 53 heavy (non-hydrogen) atoms. The Kier molecular flexibility index (Phi) is 17.8. The zero-order valence-corrected chi connectivity index (χ0v) is 34.1. The van der Waals surface area contributed by atoms with Crippen molar-refractivity contribution in [2.45, 2.75) is 117 Å². The number of rotatable bonds is 21. The SMILES string of the molecule is CCC(C)C(NC(=O)C1CCCCN1C)C(=O)N(CCOC)[C@H](C[C@@H](OC(C)=O)c1nc(C(=O)N[C@@H](Cc2cccs2)C[C@H](C)C(=O)O)cs1)C(C)C. The van der Waals surface area contributed by atoms with Crippen molar-refractivity contribution >= 4 is 52.3 Å². The topological polar surface area (TPSA) is 167 Å². The molecule has 3 amide bonds. The van der Waals surface area contributed by atoms with Gasteiger partial charge in [-0.1, -0.05) is 53.5 Å². The van der Waals surface area contributed by atoms with Gasteiger partial charge in [-0.2, -0.15) is 0 Å². The number of thiophene rings is 1. The van der Waals surface area contributed by atoms with E-state index in [1.807, 2.05) is 57.2 Å². The number of ether oxygens (including phenoxy) is 2. The molecule has 0 radical (unpaired) electrons. The molecule has 0 saturated carbocycles. The highest BCUT2D eigenvalue weighted by molar-refractivity contribution is 7.10. The van der Waals surface area contributed by atoms with Crippen LogP contribution in [0.5, 0.6) is 0 Å². The molecule has 0 aliphatic carbocycles. The number of esters is 1. The average molecular weight is 778 g/mol.